The molecule has 1 N–H and O–H groups in total. The number of pyridine rings is 1. The maximum Gasteiger partial charge on any atom is 0.521 e. The van der Waals surface area contributed by atoms with E-state index in [0.29, 0.717) is 18.4 Å². The number of likely N-dealkylation sites (tertiary alicyclic amines) is 1. The number of rotatable bonds is 3. The van der Waals surface area contributed by atoms with Crippen LogP contribution in [0.4, 0.5) is 4.79 Å². The average Bonchev–Trinajstić information content (AvgIpc) is 2.88. The minimum absolute atomic E-state index is 0.265. The van der Waals surface area contributed by atoms with Gasteiger partial charge in [0.15, 0.2) is 5.78 Å². The number of carbonyl (C=O) groups is 3. The van der Waals surface area contributed by atoms with Gasteiger partial charge in [0.2, 0.25) is 0 Å². The second-order valence-corrected chi connectivity index (χ2v) is 5.14. The molecule has 2 atom stereocenters. The van der Waals surface area contributed by atoms with Gasteiger partial charge in [0.25, 0.3) is 0 Å². The predicted molar refractivity (Wildman–Crippen MR) is 74.6 cm³/mol. The van der Waals surface area contributed by atoms with E-state index in [-0.39, 0.29) is 18.4 Å². The topological polar surface area (TPSA) is 84.3 Å². The van der Waals surface area contributed by atoms with Crippen LogP contribution in [0.3, 0.4) is 0 Å². The predicted octanol–water partition coefficient (Wildman–Crippen LogP) is 2.02. The number of nitrogens with zero attached hydrogens (tertiary/aromatic N) is 2. The van der Waals surface area contributed by atoms with Gasteiger partial charge >= 0.3 is 12.0 Å². The van der Waals surface area contributed by atoms with Gasteiger partial charge in [-0.15, -0.1) is 0 Å². The first-order chi connectivity index (χ1) is 9.98. The molecule has 2 rings (SSSR count). The third-order valence-electron chi connectivity index (χ3n) is 3.94. The number of allylic oxidation sites excluding steroid dienone is 1. The van der Waals surface area contributed by atoms with Crippen LogP contribution in [0, 0.1) is 0 Å². The largest absolute Gasteiger partial charge is 0.521 e. The summed E-state index contributed by atoms with van der Waals surface area (Å²) in [5, 5.41) is 9.41. The van der Waals surface area contributed by atoms with Gasteiger partial charge < -0.3 is 5.11 Å². The van der Waals surface area contributed by atoms with Crippen LogP contribution in [0.1, 0.15) is 30.1 Å². The van der Waals surface area contributed by atoms with E-state index in [4.69, 9.17) is 0 Å². The number of quaternary nitrogens is 1. The molecule has 6 nitrogen and oxygen atoms in total. The van der Waals surface area contributed by atoms with Crippen molar-refractivity contribution in [1.29, 1.82) is 0 Å². The Morgan fingerprint density at radius 1 is 1.38 bits per heavy atom. The summed E-state index contributed by atoms with van der Waals surface area (Å²) < 4.78 is -0.628. The summed E-state index contributed by atoms with van der Waals surface area (Å²) in [6.07, 6.45) is 5.34. The van der Waals surface area contributed by atoms with Gasteiger partial charge in [0.05, 0.1) is 6.54 Å². The van der Waals surface area contributed by atoms with Crippen molar-refractivity contribution in [3.63, 3.8) is 0 Å². The number of carbonyl (C=O) groups excluding carboxylic acids is 2. The Kier molecular flexibility index (Phi) is 4.28. The van der Waals surface area contributed by atoms with Crippen molar-refractivity contribution in [3.05, 3.63) is 42.2 Å². The molecule has 6 heteroatoms. The molecular weight excluding hydrogens is 272 g/mol. The van der Waals surface area contributed by atoms with E-state index in [9.17, 15) is 19.5 Å². The summed E-state index contributed by atoms with van der Waals surface area (Å²) in [5.41, 5.74) is 0.359. The minimum Gasteiger partial charge on any atom is -0.435 e. The monoisotopic (exact) mass is 289 g/mol. The van der Waals surface area contributed by atoms with Crippen molar-refractivity contribution in [2.24, 2.45) is 0 Å². The number of imide groups is 1. The summed E-state index contributed by atoms with van der Waals surface area (Å²) in [6, 6.07) is 2.93. The lowest BCUT2D eigenvalue weighted by molar-refractivity contribution is -0.789. The van der Waals surface area contributed by atoms with Crippen molar-refractivity contribution in [1.82, 2.24) is 4.98 Å². The second kappa shape index (κ2) is 5.97. The first-order valence-corrected chi connectivity index (χ1v) is 6.76. The zero-order chi connectivity index (χ0) is 15.5. The number of hydrogen-bond acceptors (Lipinski definition) is 4. The fourth-order valence-corrected chi connectivity index (χ4v) is 2.67. The molecule has 1 aromatic rings. The Hall–Kier alpha value is -2.34. The average molecular weight is 289 g/mol. The lowest BCUT2D eigenvalue weighted by Crippen LogP contribution is -2.57. The Morgan fingerprint density at radius 2 is 2.14 bits per heavy atom. The lowest BCUT2D eigenvalue weighted by atomic mass is 10.1. The van der Waals surface area contributed by atoms with Gasteiger partial charge in [0.1, 0.15) is 6.04 Å². The summed E-state index contributed by atoms with van der Waals surface area (Å²) in [5.74, 6) is -0.934. The maximum atomic E-state index is 12.3. The molecule has 110 valence electrons. The molecule has 1 fully saturated rings. The molecule has 1 aliphatic heterocycles. The normalized spacial score (nSPS) is 25.1. The van der Waals surface area contributed by atoms with E-state index in [1.165, 1.54) is 6.20 Å². The molecule has 0 saturated carbocycles. The van der Waals surface area contributed by atoms with Crippen LogP contribution in [0.25, 0.3) is 0 Å². The molecule has 0 aromatic carbocycles. The molecule has 1 unspecified atom stereocenters. The Morgan fingerprint density at radius 3 is 2.67 bits per heavy atom. The summed E-state index contributed by atoms with van der Waals surface area (Å²) in [4.78, 5) is 39.5. The van der Waals surface area contributed by atoms with Crippen LogP contribution in [0.2, 0.25) is 0 Å². The van der Waals surface area contributed by atoms with E-state index in [1.807, 2.05) is 0 Å². The highest BCUT2D eigenvalue weighted by Crippen LogP contribution is 2.28. The van der Waals surface area contributed by atoms with Gasteiger partial charge in [-0.05, 0) is 25.1 Å². The van der Waals surface area contributed by atoms with Crippen molar-refractivity contribution in [2.75, 3.05) is 6.54 Å². The van der Waals surface area contributed by atoms with E-state index < -0.39 is 16.5 Å². The Balaban J connectivity index is 2.19. The van der Waals surface area contributed by atoms with Crippen molar-refractivity contribution in [3.8, 4) is 0 Å². The van der Waals surface area contributed by atoms with Gasteiger partial charge in [-0.25, -0.2) is 4.79 Å². The van der Waals surface area contributed by atoms with Crippen molar-refractivity contribution in [2.45, 2.75) is 25.8 Å². The van der Waals surface area contributed by atoms with Crippen LogP contribution in [0.15, 0.2) is 36.7 Å². The van der Waals surface area contributed by atoms with Crippen LogP contribution in [-0.2, 0) is 4.79 Å². The number of aromatic nitrogens is 1. The Bertz CT molecular complexity index is 597. The molecule has 2 amide bonds. The summed E-state index contributed by atoms with van der Waals surface area (Å²) in [6.45, 7) is 2.01. The molecule has 21 heavy (non-hydrogen) atoms. The second-order valence-electron chi connectivity index (χ2n) is 5.14. The van der Waals surface area contributed by atoms with Crippen LogP contribution in [-0.4, -0.2) is 44.9 Å². The van der Waals surface area contributed by atoms with E-state index in [2.05, 4.69) is 4.98 Å². The highest BCUT2D eigenvalue weighted by molar-refractivity contribution is 6.07. The highest BCUT2D eigenvalue weighted by atomic mass is 16.4. The quantitative estimate of drug-likeness (QED) is 0.523. The molecular formula is C15H17N2O4+. The molecule has 2 heterocycles. The van der Waals surface area contributed by atoms with Crippen LogP contribution in [0.5, 0.6) is 0 Å². The minimum atomic E-state index is -1.16. The Labute approximate surface area is 122 Å². The molecule has 1 aromatic heterocycles. The maximum absolute atomic E-state index is 12.3. The third-order valence-corrected chi connectivity index (χ3v) is 3.94. The van der Waals surface area contributed by atoms with Gasteiger partial charge in [0, 0.05) is 36.9 Å². The van der Waals surface area contributed by atoms with Crippen molar-refractivity contribution < 1.29 is 24.0 Å². The summed E-state index contributed by atoms with van der Waals surface area (Å²) in [7, 11) is 0. The first kappa shape index (κ1) is 15.1. The number of amides is 2. The SMILES string of the molecule is C[C@@H]1CCC[N+]1(C(=O)O)C(=O)C=CC(=O)c1cccnc1. The van der Waals surface area contributed by atoms with E-state index in [0.717, 1.165) is 12.2 Å². The first-order valence-electron chi connectivity index (χ1n) is 6.76. The summed E-state index contributed by atoms with van der Waals surface area (Å²) >= 11 is 0. The lowest BCUT2D eigenvalue weighted by Gasteiger charge is -2.28. The van der Waals surface area contributed by atoms with Gasteiger partial charge in [-0.2, -0.15) is 9.28 Å². The van der Waals surface area contributed by atoms with Gasteiger partial charge in [-0.1, -0.05) is 0 Å². The number of hydrogen-bond donors (Lipinski definition) is 1. The standard InChI is InChI=1S/C15H16N2O4/c1-11-4-3-9-17(11,15(20)21)14(19)7-6-13(18)12-5-2-8-16-10-12/h2,5-8,10-11H,3-4,9H2,1H3/p+1/t11-,17?/m1/s1. The fourth-order valence-electron chi connectivity index (χ4n) is 2.67. The fraction of sp³-hybridized carbons (Fsp3) is 0.333. The molecule has 1 saturated heterocycles. The van der Waals surface area contributed by atoms with E-state index >= 15 is 0 Å². The zero-order valence-electron chi connectivity index (χ0n) is 11.7. The van der Waals surface area contributed by atoms with Crippen LogP contribution >= 0.6 is 0 Å². The van der Waals surface area contributed by atoms with Gasteiger partial charge in [-0.3, -0.25) is 9.78 Å². The van der Waals surface area contributed by atoms with Crippen molar-refractivity contribution >= 4 is 17.8 Å². The highest BCUT2D eigenvalue weighted by Gasteiger charge is 2.51. The molecule has 1 aliphatic rings. The van der Waals surface area contributed by atoms with E-state index in [1.54, 1.807) is 25.3 Å². The molecule has 0 radical (unpaired) electrons. The molecule has 0 bridgehead atoms. The van der Waals surface area contributed by atoms with Crippen LogP contribution < -0.4 is 0 Å². The molecule has 0 aliphatic carbocycles. The number of carboxylic acid groups (broad SMARTS) is 1. The number of ketones is 1. The smallest absolute Gasteiger partial charge is 0.435 e. The molecule has 0 spiro atoms. The zero-order valence-corrected chi connectivity index (χ0v) is 11.7. The third kappa shape index (κ3) is 2.75.